The van der Waals surface area contributed by atoms with Crippen LogP contribution in [0.5, 0.6) is 0 Å². The Morgan fingerprint density at radius 3 is 2.29 bits per heavy atom. The van der Waals surface area contributed by atoms with Gasteiger partial charge in [-0.05, 0) is 42.0 Å². The number of hydrogen-bond acceptors (Lipinski definition) is 1. The Kier molecular flexibility index (Phi) is 2.38. The summed E-state index contributed by atoms with van der Waals surface area (Å²) in [6.45, 7) is 5.78. The first-order valence-corrected chi connectivity index (χ1v) is 5.55. The molecule has 0 spiro atoms. The van der Waals surface area contributed by atoms with Crippen molar-refractivity contribution in [1.29, 1.82) is 0 Å². The van der Waals surface area contributed by atoms with Crippen LogP contribution in [0.2, 0.25) is 0 Å². The third kappa shape index (κ3) is 1.75. The Hall–Kier alpha value is -1.03. The van der Waals surface area contributed by atoms with Gasteiger partial charge in [-0.15, -0.1) is 0 Å². The minimum Gasteiger partial charge on any atom is -0.321 e. The average Bonchev–Trinajstić information content (AvgIpc) is 2.32. The molecule has 1 atom stereocenters. The summed E-state index contributed by atoms with van der Waals surface area (Å²) in [5, 5.41) is 0. The minimum absolute atomic E-state index is 0.223. The molecule has 1 aliphatic rings. The second-order valence-electron chi connectivity index (χ2n) is 5.63. The Balaban J connectivity index is 2.57. The summed E-state index contributed by atoms with van der Waals surface area (Å²) in [6, 6.07) is 3.89. The van der Waals surface area contributed by atoms with Crippen LogP contribution in [0.25, 0.3) is 0 Å². The molecule has 0 radical (unpaired) electrons. The van der Waals surface area contributed by atoms with Crippen molar-refractivity contribution in [3.8, 4) is 0 Å². The van der Waals surface area contributed by atoms with Crippen molar-refractivity contribution in [3.63, 3.8) is 0 Å². The lowest BCUT2D eigenvalue weighted by Crippen LogP contribution is -2.44. The van der Waals surface area contributed by atoms with E-state index in [0.29, 0.717) is 12.0 Å². The fraction of sp³-hybridized carbons (Fsp3) is 0.538. The highest BCUT2D eigenvalue weighted by Crippen LogP contribution is 2.49. The molecule has 1 aliphatic carbocycles. The lowest BCUT2D eigenvalue weighted by molar-refractivity contribution is -0.137. The molecule has 0 amide bonds. The zero-order valence-corrected chi connectivity index (χ0v) is 10.2. The van der Waals surface area contributed by atoms with Gasteiger partial charge < -0.3 is 5.73 Å². The van der Waals surface area contributed by atoms with Gasteiger partial charge in [0.15, 0.2) is 0 Å². The number of halogens is 3. The van der Waals surface area contributed by atoms with Crippen molar-refractivity contribution >= 4 is 0 Å². The molecular formula is C13H16F3N. The van der Waals surface area contributed by atoms with Gasteiger partial charge in [0, 0.05) is 5.54 Å². The van der Waals surface area contributed by atoms with Crippen LogP contribution in [0.15, 0.2) is 18.2 Å². The van der Waals surface area contributed by atoms with E-state index in [2.05, 4.69) is 0 Å². The van der Waals surface area contributed by atoms with Crippen molar-refractivity contribution in [2.75, 3.05) is 0 Å². The zero-order chi connectivity index (χ0) is 13.1. The summed E-state index contributed by atoms with van der Waals surface area (Å²) in [5.41, 5.74) is 6.20. The number of nitrogens with two attached hydrogens (primary N) is 1. The highest BCUT2D eigenvalue weighted by Gasteiger charge is 2.47. The van der Waals surface area contributed by atoms with Gasteiger partial charge in [-0.25, -0.2) is 0 Å². The first-order chi connectivity index (χ1) is 7.56. The topological polar surface area (TPSA) is 26.0 Å². The van der Waals surface area contributed by atoms with Crippen LogP contribution < -0.4 is 5.73 Å². The molecule has 1 unspecified atom stereocenters. The van der Waals surface area contributed by atoms with Crippen molar-refractivity contribution in [2.45, 2.75) is 38.9 Å². The molecule has 0 aromatic heterocycles. The highest BCUT2D eigenvalue weighted by molar-refractivity contribution is 5.44. The van der Waals surface area contributed by atoms with Crippen molar-refractivity contribution in [2.24, 2.45) is 11.1 Å². The van der Waals surface area contributed by atoms with E-state index in [-0.39, 0.29) is 5.41 Å². The highest BCUT2D eigenvalue weighted by atomic mass is 19.4. The van der Waals surface area contributed by atoms with Crippen molar-refractivity contribution in [1.82, 2.24) is 0 Å². The van der Waals surface area contributed by atoms with Gasteiger partial charge in [-0.2, -0.15) is 13.2 Å². The number of benzene rings is 1. The average molecular weight is 243 g/mol. The van der Waals surface area contributed by atoms with Crippen LogP contribution in [-0.2, 0) is 18.1 Å². The van der Waals surface area contributed by atoms with E-state index < -0.39 is 17.3 Å². The normalized spacial score (nSPS) is 27.0. The fourth-order valence-corrected chi connectivity index (χ4v) is 2.41. The Labute approximate surface area is 98.8 Å². The largest absolute Gasteiger partial charge is 0.416 e. The summed E-state index contributed by atoms with van der Waals surface area (Å²) in [6.07, 6.45) is -3.59. The Morgan fingerprint density at radius 2 is 1.76 bits per heavy atom. The number of alkyl halides is 3. The smallest absolute Gasteiger partial charge is 0.321 e. The van der Waals surface area contributed by atoms with Crippen molar-refractivity contribution in [3.05, 3.63) is 34.9 Å². The molecule has 4 heteroatoms. The van der Waals surface area contributed by atoms with Gasteiger partial charge >= 0.3 is 6.18 Å². The molecule has 0 aliphatic heterocycles. The van der Waals surface area contributed by atoms with Gasteiger partial charge in [0.2, 0.25) is 0 Å². The van der Waals surface area contributed by atoms with Crippen LogP contribution in [0.3, 0.4) is 0 Å². The van der Waals surface area contributed by atoms with Crippen molar-refractivity contribution < 1.29 is 13.2 Å². The van der Waals surface area contributed by atoms with Crippen LogP contribution >= 0.6 is 0 Å². The first-order valence-electron chi connectivity index (χ1n) is 5.55. The van der Waals surface area contributed by atoms with Gasteiger partial charge in [-0.1, -0.05) is 19.9 Å². The molecule has 1 nitrogen and oxygen atoms in total. The molecule has 2 rings (SSSR count). The lowest BCUT2D eigenvalue weighted by Gasteiger charge is -2.35. The van der Waals surface area contributed by atoms with Crippen LogP contribution in [-0.4, -0.2) is 0 Å². The summed E-state index contributed by atoms with van der Waals surface area (Å²) in [7, 11) is 0. The summed E-state index contributed by atoms with van der Waals surface area (Å²) < 4.78 is 38.0. The molecule has 2 N–H and O–H groups in total. The second kappa shape index (κ2) is 3.25. The van der Waals surface area contributed by atoms with E-state index in [0.717, 1.165) is 11.6 Å². The molecule has 0 heterocycles. The second-order valence-corrected chi connectivity index (χ2v) is 5.63. The van der Waals surface area contributed by atoms with Gasteiger partial charge in [0.05, 0.1) is 5.56 Å². The van der Waals surface area contributed by atoms with E-state index in [1.165, 1.54) is 6.07 Å². The van der Waals surface area contributed by atoms with Gasteiger partial charge in [-0.3, -0.25) is 0 Å². The number of fused-ring (bicyclic) bond motifs is 1. The summed E-state index contributed by atoms with van der Waals surface area (Å²) in [5.74, 6) is 0. The minimum atomic E-state index is -4.31. The van der Waals surface area contributed by atoms with Crippen LogP contribution in [0.4, 0.5) is 13.2 Å². The lowest BCUT2D eigenvalue weighted by atomic mass is 9.75. The van der Waals surface area contributed by atoms with E-state index in [4.69, 9.17) is 5.73 Å². The monoisotopic (exact) mass is 243 g/mol. The van der Waals surface area contributed by atoms with E-state index in [1.54, 1.807) is 13.0 Å². The van der Waals surface area contributed by atoms with Crippen LogP contribution in [0, 0.1) is 5.41 Å². The maximum Gasteiger partial charge on any atom is 0.416 e. The standard InChI is InChI=1S/C13H16F3N/c1-11(2)7-8-4-5-9(13(14,15)16)6-10(8)12(11,3)17/h4-6H,7,17H2,1-3H3. The van der Waals surface area contributed by atoms with Gasteiger partial charge in [0.25, 0.3) is 0 Å². The quantitative estimate of drug-likeness (QED) is 0.742. The molecule has 0 saturated heterocycles. The molecule has 17 heavy (non-hydrogen) atoms. The molecular weight excluding hydrogens is 227 g/mol. The molecule has 94 valence electrons. The first kappa shape index (κ1) is 12.4. The van der Waals surface area contributed by atoms with Crippen LogP contribution in [0.1, 0.15) is 37.5 Å². The molecule has 0 saturated carbocycles. The molecule has 0 bridgehead atoms. The Morgan fingerprint density at radius 1 is 1.18 bits per heavy atom. The third-order valence-corrected chi connectivity index (χ3v) is 4.03. The maximum atomic E-state index is 12.7. The summed E-state index contributed by atoms with van der Waals surface area (Å²) >= 11 is 0. The SMILES string of the molecule is CC1(C)Cc2ccc(C(F)(F)F)cc2C1(C)N. The van der Waals surface area contributed by atoms with E-state index >= 15 is 0 Å². The Bertz CT molecular complexity index is 458. The molecule has 0 fully saturated rings. The number of rotatable bonds is 0. The number of hydrogen-bond donors (Lipinski definition) is 1. The predicted molar refractivity (Wildman–Crippen MR) is 60.5 cm³/mol. The summed E-state index contributed by atoms with van der Waals surface area (Å²) in [4.78, 5) is 0. The molecule has 1 aromatic carbocycles. The molecule has 1 aromatic rings. The van der Waals surface area contributed by atoms with E-state index in [9.17, 15) is 13.2 Å². The zero-order valence-electron chi connectivity index (χ0n) is 10.2. The third-order valence-electron chi connectivity index (χ3n) is 4.03. The van der Waals surface area contributed by atoms with Gasteiger partial charge in [0.1, 0.15) is 0 Å². The fourth-order valence-electron chi connectivity index (χ4n) is 2.41. The maximum absolute atomic E-state index is 12.7. The van der Waals surface area contributed by atoms with E-state index in [1.807, 2.05) is 13.8 Å². The predicted octanol–water partition coefficient (Wildman–Crippen LogP) is 3.46.